The number of rotatable bonds is 2. The minimum absolute atomic E-state index is 0.265. The summed E-state index contributed by atoms with van der Waals surface area (Å²) in [5, 5.41) is 20.6. The summed E-state index contributed by atoms with van der Waals surface area (Å²) in [5.41, 5.74) is 0.864. The predicted octanol–water partition coefficient (Wildman–Crippen LogP) is 1.32. The molecule has 2 N–H and O–H groups in total. The molecule has 1 aromatic heterocycles. The average molecular weight is 264 g/mol. The number of aliphatic hydroxyl groups is 1. The van der Waals surface area contributed by atoms with Crippen molar-refractivity contribution in [2.45, 2.75) is 18.6 Å². The molecule has 1 aliphatic heterocycles. The van der Waals surface area contributed by atoms with Gasteiger partial charge in [0.15, 0.2) is 0 Å². The number of carboxylic acids is 1. The fourth-order valence-electron chi connectivity index (χ4n) is 2.36. The highest BCUT2D eigenvalue weighted by Crippen LogP contribution is 2.35. The van der Waals surface area contributed by atoms with Gasteiger partial charge in [0.1, 0.15) is 11.0 Å². The molecule has 6 heteroatoms. The third-order valence-electron chi connectivity index (χ3n) is 3.19. The monoisotopic (exact) mass is 264 g/mol. The van der Waals surface area contributed by atoms with Gasteiger partial charge in [0, 0.05) is 18.4 Å². The first-order valence-corrected chi connectivity index (χ1v) is 6.46. The number of anilines is 1. The Hall–Kier alpha value is -1.66. The zero-order valence-corrected chi connectivity index (χ0v) is 10.3. The van der Waals surface area contributed by atoms with Gasteiger partial charge in [0.2, 0.25) is 0 Å². The van der Waals surface area contributed by atoms with Crippen LogP contribution in [0.15, 0.2) is 24.3 Å². The van der Waals surface area contributed by atoms with Crippen LogP contribution in [0.2, 0.25) is 0 Å². The van der Waals surface area contributed by atoms with Crippen LogP contribution in [0.25, 0.3) is 10.9 Å². The molecule has 0 bridgehead atoms. The molecule has 1 aromatic carbocycles. The molecular weight excluding hydrogens is 252 g/mol. The standard InChI is InChI=1S/C12H12N2O3S/c15-7-5-10(12(16)17)14(6-7)11-8-3-1-2-4-9(8)13-18-11/h1-4,7,10,15H,5-6H2,(H,16,17). The van der Waals surface area contributed by atoms with Gasteiger partial charge in [-0.2, -0.15) is 4.37 Å². The van der Waals surface area contributed by atoms with Crippen LogP contribution in [0, 0.1) is 0 Å². The van der Waals surface area contributed by atoms with Crippen LogP contribution in [-0.4, -0.2) is 39.2 Å². The van der Waals surface area contributed by atoms with Gasteiger partial charge in [-0.05, 0) is 23.7 Å². The molecule has 94 valence electrons. The molecule has 2 atom stereocenters. The van der Waals surface area contributed by atoms with Crippen LogP contribution in [0.1, 0.15) is 6.42 Å². The zero-order valence-electron chi connectivity index (χ0n) is 9.48. The molecule has 0 radical (unpaired) electrons. The Kier molecular flexibility index (Phi) is 2.68. The van der Waals surface area contributed by atoms with Crippen LogP contribution in [0.5, 0.6) is 0 Å². The van der Waals surface area contributed by atoms with Crippen molar-refractivity contribution in [3.05, 3.63) is 24.3 Å². The highest BCUT2D eigenvalue weighted by atomic mass is 32.1. The molecule has 18 heavy (non-hydrogen) atoms. The van der Waals surface area contributed by atoms with Crippen LogP contribution in [-0.2, 0) is 4.79 Å². The van der Waals surface area contributed by atoms with Crippen LogP contribution >= 0.6 is 11.5 Å². The maximum Gasteiger partial charge on any atom is 0.326 e. The predicted molar refractivity (Wildman–Crippen MR) is 69.0 cm³/mol. The molecule has 0 aliphatic carbocycles. The zero-order chi connectivity index (χ0) is 12.7. The average Bonchev–Trinajstić information content (AvgIpc) is 2.92. The smallest absolute Gasteiger partial charge is 0.326 e. The maximum absolute atomic E-state index is 11.2. The molecule has 0 saturated carbocycles. The number of hydrogen-bond acceptors (Lipinski definition) is 5. The van der Waals surface area contributed by atoms with Gasteiger partial charge in [-0.15, -0.1) is 0 Å². The van der Waals surface area contributed by atoms with E-state index in [9.17, 15) is 15.0 Å². The van der Waals surface area contributed by atoms with Gasteiger partial charge >= 0.3 is 5.97 Å². The topological polar surface area (TPSA) is 73.7 Å². The van der Waals surface area contributed by atoms with E-state index in [0.717, 1.165) is 15.9 Å². The highest BCUT2D eigenvalue weighted by molar-refractivity contribution is 7.11. The number of carboxylic acid groups (broad SMARTS) is 1. The van der Waals surface area contributed by atoms with Gasteiger partial charge in [-0.1, -0.05) is 12.1 Å². The molecular formula is C12H12N2O3S. The van der Waals surface area contributed by atoms with Crippen molar-refractivity contribution in [1.29, 1.82) is 0 Å². The highest BCUT2D eigenvalue weighted by Gasteiger charge is 2.37. The summed E-state index contributed by atoms with van der Waals surface area (Å²) < 4.78 is 4.31. The van der Waals surface area contributed by atoms with Gasteiger partial charge < -0.3 is 15.1 Å². The Labute approximate surface area is 107 Å². The van der Waals surface area contributed by atoms with Gasteiger partial charge in [0.05, 0.1) is 11.6 Å². The maximum atomic E-state index is 11.2. The van der Waals surface area contributed by atoms with E-state index in [-0.39, 0.29) is 6.42 Å². The number of nitrogens with zero attached hydrogens (tertiary/aromatic N) is 2. The number of β-amino-alcohol motifs (C(OH)–C–C–N with tert-alkyl or cyclic N) is 1. The second kappa shape index (κ2) is 4.22. The summed E-state index contributed by atoms with van der Waals surface area (Å²) in [4.78, 5) is 13.0. The molecule has 2 aromatic rings. The Morgan fingerprint density at radius 3 is 3.00 bits per heavy atom. The minimum atomic E-state index is -0.899. The van der Waals surface area contributed by atoms with Gasteiger partial charge in [-0.3, -0.25) is 0 Å². The number of fused-ring (bicyclic) bond motifs is 1. The normalized spacial score (nSPS) is 23.7. The second-order valence-electron chi connectivity index (χ2n) is 4.40. The summed E-state index contributed by atoms with van der Waals surface area (Å²) in [6, 6.07) is 6.97. The quantitative estimate of drug-likeness (QED) is 0.855. The first kappa shape index (κ1) is 11.4. The fraction of sp³-hybridized carbons (Fsp3) is 0.333. The minimum Gasteiger partial charge on any atom is -0.480 e. The van der Waals surface area contributed by atoms with E-state index < -0.39 is 18.1 Å². The van der Waals surface area contributed by atoms with Crippen LogP contribution < -0.4 is 4.90 Å². The summed E-state index contributed by atoms with van der Waals surface area (Å²) in [7, 11) is 0. The van der Waals surface area contributed by atoms with Crippen molar-refractivity contribution in [2.75, 3.05) is 11.4 Å². The van der Waals surface area contributed by atoms with Crippen LogP contribution in [0.3, 0.4) is 0 Å². The lowest BCUT2D eigenvalue weighted by Gasteiger charge is -2.21. The molecule has 2 heterocycles. The summed E-state index contributed by atoms with van der Waals surface area (Å²) in [6.45, 7) is 0.350. The van der Waals surface area contributed by atoms with E-state index in [0.29, 0.717) is 6.54 Å². The van der Waals surface area contributed by atoms with Crippen molar-refractivity contribution in [3.8, 4) is 0 Å². The van der Waals surface area contributed by atoms with E-state index in [1.807, 2.05) is 24.3 Å². The van der Waals surface area contributed by atoms with Gasteiger partial charge in [-0.25, -0.2) is 4.79 Å². The van der Waals surface area contributed by atoms with E-state index >= 15 is 0 Å². The van der Waals surface area contributed by atoms with E-state index in [2.05, 4.69) is 4.37 Å². The summed E-state index contributed by atoms with van der Waals surface area (Å²) >= 11 is 1.28. The Morgan fingerprint density at radius 2 is 2.22 bits per heavy atom. The number of aliphatic hydroxyl groups excluding tert-OH is 1. The Morgan fingerprint density at radius 1 is 1.44 bits per heavy atom. The van der Waals surface area contributed by atoms with E-state index in [4.69, 9.17) is 0 Å². The second-order valence-corrected chi connectivity index (χ2v) is 5.15. The lowest BCUT2D eigenvalue weighted by atomic mass is 10.2. The number of aromatic nitrogens is 1. The molecule has 2 unspecified atom stereocenters. The molecule has 0 spiro atoms. The first-order chi connectivity index (χ1) is 8.66. The molecule has 1 fully saturated rings. The number of aliphatic carboxylic acids is 1. The van der Waals surface area contributed by atoms with Crippen molar-refractivity contribution in [2.24, 2.45) is 0 Å². The van der Waals surface area contributed by atoms with Crippen molar-refractivity contribution >= 4 is 33.4 Å². The number of benzene rings is 1. The molecule has 5 nitrogen and oxygen atoms in total. The third-order valence-corrected chi connectivity index (χ3v) is 4.11. The summed E-state index contributed by atoms with van der Waals surface area (Å²) in [5.74, 6) is -0.899. The number of hydrogen-bond donors (Lipinski definition) is 2. The number of carbonyl (C=O) groups is 1. The lowest BCUT2D eigenvalue weighted by molar-refractivity contribution is -0.138. The Bertz CT molecular complexity index is 598. The SMILES string of the molecule is O=C(O)C1CC(O)CN1c1snc2ccccc12. The molecule has 3 rings (SSSR count). The molecule has 1 aliphatic rings. The Balaban J connectivity index is 2.05. The van der Waals surface area contributed by atoms with Crippen LogP contribution in [0.4, 0.5) is 5.00 Å². The summed E-state index contributed by atoms with van der Waals surface area (Å²) in [6.07, 6.45) is -0.325. The lowest BCUT2D eigenvalue weighted by Crippen LogP contribution is -2.35. The largest absolute Gasteiger partial charge is 0.480 e. The molecule has 1 saturated heterocycles. The van der Waals surface area contributed by atoms with Gasteiger partial charge in [0.25, 0.3) is 0 Å². The van der Waals surface area contributed by atoms with E-state index in [1.165, 1.54) is 11.5 Å². The van der Waals surface area contributed by atoms with E-state index in [1.54, 1.807) is 4.90 Å². The van der Waals surface area contributed by atoms with Crippen molar-refractivity contribution in [1.82, 2.24) is 4.37 Å². The fourth-order valence-corrected chi connectivity index (χ4v) is 3.28. The van der Waals surface area contributed by atoms with Crippen molar-refractivity contribution in [3.63, 3.8) is 0 Å². The first-order valence-electron chi connectivity index (χ1n) is 5.69. The van der Waals surface area contributed by atoms with Crippen molar-refractivity contribution < 1.29 is 15.0 Å². The molecule has 0 amide bonds. The third kappa shape index (κ3) is 1.74.